The molecule has 0 bridgehead atoms. The maximum atomic E-state index is 4.25. The zero-order valence-electron chi connectivity index (χ0n) is 11.7. The van der Waals surface area contributed by atoms with Crippen LogP contribution in [-0.4, -0.2) is 21.7 Å². The lowest BCUT2D eigenvalue weighted by atomic mass is 10.1. The molecule has 1 heterocycles. The van der Waals surface area contributed by atoms with Gasteiger partial charge in [-0.05, 0) is 30.5 Å². The van der Waals surface area contributed by atoms with Gasteiger partial charge in [-0.3, -0.25) is 0 Å². The number of aromatic amines is 1. The fourth-order valence-electron chi connectivity index (χ4n) is 2.10. The number of hydrogen-bond acceptors (Lipinski definition) is 4. The lowest BCUT2D eigenvalue weighted by molar-refractivity contribution is 0.911. The number of hydrogen-bond donors (Lipinski definition) is 2. The minimum atomic E-state index is 0.638. The number of nitrogens with one attached hydrogen (secondary N) is 2. The van der Waals surface area contributed by atoms with Gasteiger partial charge < -0.3 is 5.32 Å². The van der Waals surface area contributed by atoms with Crippen molar-refractivity contribution in [2.24, 2.45) is 0 Å². The zero-order chi connectivity index (χ0) is 14.5. The standard InChI is InChI=1S/C16H16N4S/c1-21-14-9-7-13(8-10-14)17-11-15-16(19-20-18-15)12-5-3-2-4-6-12/h2-10,17H,11H2,1H3,(H,18,19,20). The predicted molar refractivity (Wildman–Crippen MR) is 87.4 cm³/mol. The van der Waals surface area contributed by atoms with Crippen LogP contribution in [0, 0.1) is 0 Å². The summed E-state index contributed by atoms with van der Waals surface area (Å²) in [5.74, 6) is 0. The Hall–Kier alpha value is -2.27. The van der Waals surface area contributed by atoms with E-state index in [0.29, 0.717) is 6.54 Å². The van der Waals surface area contributed by atoms with E-state index in [1.165, 1.54) is 4.90 Å². The molecule has 0 aliphatic rings. The summed E-state index contributed by atoms with van der Waals surface area (Å²) < 4.78 is 0. The molecule has 21 heavy (non-hydrogen) atoms. The first-order chi connectivity index (χ1) is 10.4. The van der Waals surface area contributed by atoms with Crippen LogP contribution < -0.4 is 5.32 Å². The molecule has 5 heteroatoms. The van der Waals surface area contributed by atoms with Crippen molar-refractivity contribution in [1.82, 2.24) is 15.4 Å². The Kier molecular flexibility index (Phi) is 4.21. The van der Waals surface area contributed by atoms with Crippen LogP contribution in [0.2, 0.25) is 0 Å². The van der Waals surface area contributed by atoms with E-state index < -0.39 is 0 Å². The van der Waals surface area contributed by atoms with Crippen LogP contribution >= 0.6 is 11.8 Å². The Morgan fingerprint density at radius 3 is 2.48 bits per heavy atom. The van der Waals surface area contributed by atoms with Gasteiger partial charge in [-0.15, -0.1) is 11.8 Å². The lowest BCUT2D eigenvalue weighted by Crippen LogP contribution is -2.01. The highest BCUT2D eigenvalue weighted by Gasteiger charge is 2.09. The minimum Gasteiger partial charge on any atom is -0.379 e. The first-order valence-electron chi connectivity index (χ1n) is 6.70. The fourth-order valence-corrected chi connectivity index (χ4v) is 2.51. The summed E-state index contributed by atoms with van der Waals surface area (Å²) in [6, 6.07) is 18.4. The summed E-state index contributed by atoms with van der Waals surface area (Å²) >= 11 is 1.74. The maximum absolute atomic E-state index is 4.25. The fraction of sp³-hybridized carbons (Fsp3) is 0.125. The van der Waals surface area contributed by atoms with E-state index in [4.69, 9.17) is 0 Å². The van der Waals surface area contributed by atoms with E-state index in [0.717, 1.165) is 22.6 Å². The molecule has 0 radical (unpaired) electrons. The van der Waals surface area contributed by atoms with Gasteiger partial charge in [0.15, 0.2) is 0 Å². The summed E-state index contributed by atoms with van der Waals surface area (Å²) in [6.45, 7) is 0.638. The van der Waals surface area contributed by atoms with Crippen LogP contribution in [0.3, 0.4) is 0 Å². The van der Waals surface area contributed by atoms with Crippen LogP contribution in [0.4, 0.5) is 5.69 Å². The summed E-state index contributed by atoms with van der Waals surface area (Å²) in [5, 5.41) is 14.6. The van der Waals surface area contributed by atoms with E-state index in [2.05, 4.69) is 51.2 Å². The molecular weight excluding hydrogens is 280 g/mol. The van der Waals surface area contributed by atoms with Gasteiger partial charge >= 0.3 is 0 Å². The second kappa shape index (κ2) is 6.45. The van der Waals surface area contributed by atoms with Crippen molar-refractivity contribution in [2.75, 3.05) is 11.6 Å². The molecule has 0 aliphatic carbocycles. The Morgan fingerprint density at radius 1 is 1.00 bits per heavy atom. The van der Waals surface area contributed by atoms with E-state index in [9.17, 15) is 0 Å². The number of H-pyrrole nitrogens is 1. The molecule has 0 unspecified atom stereocenters. The topological polar surface area (TPSA) is 53.6 Å². The van der Waals surface area contributed by atoms with Crippen LogP contribution in [0.1, 0.15) is 5.69 Å². The SMILES string of the molecule is CSc1ccc(NCc2n[nH]nc2-c2ccccc2)cc1. The quantitative estimate of drug-likeness (QED) is 0.703. The van der Waals surface area contributed by atoms with Crippen molar-refractivity contribution in [1.29, 1.82) is 0 Å². The molecule has 0 spiro atoms. The molecule has 0 saturated heterocycles. The molecular formula is C16H16N4S. The van der Waals surface area contributed by atoms with E-state index in [-0.39, 0.29) is 0 Å². The van der Waals surface area contributed by atoms with Gasteiger partial charge in [0.25, 0.3) is 0 Å². The molecule has 0 atom stereocenters. The Morgan fingerprint density at radius 2 is 1.76 bits per heavy atom. The minimum absolute atomic E-state index is 0.638. The second-order valence-corrected chi connectivity index (χ2v) is 5.45. The first kappa shape index (κ1) is 13.7. The molecule has 2 N–H and O–H groups in total. The zero-order valence-corrected chi connectivity index (χ0v) is 12.5. The molecule has 0 fully saturated rings. The third-order valence-corrected chi connectivity index (χ3v) is 3.96. The van der Waals surface area contributed by atoms with Gasteiger partial charge in [-0.25, -0.2) is 0 Å². The summed E-state index contributed by atoms with van der Waals surface area (Å²) in [6.07, 6.45) is 2.07. The number of rotatable bonds is 5. The first-order valence-corrected chi connectivity index (χ1v) is 7.92. The van der Waals surface area contributed by atoms with Crippen LogP contribution in [0.15, 0.2) is 59.5 Å². The van der Waals surface area contributed by atoms with E-state index in [1.54, 1.807) is 11.8 Å². The van der Waals surface area contributed by atoms with Crippen LogP contribution in [0.5, 0.6) is 0 Å². The smallest absolute Gasteiger partial charge is 0.117 e. The number of benzene rings is 2. The van der Waals surface area contributed by atoms with Gasteiger partial charge in [0, 0.05) is 16.1 Å². The Labute approximate surface area is 128 Å². The molecule has 106 valence electrons. The van der Waals surface area contributed by atoms with Gasteiger partial charge in [0.1, 0.15) is 11.4 Å². The van der Waals surface area contributed by atoms with Gasteiger partial charge in [0.2, 0.25) is 0 Å². The monoisotopic (exact) mass is 296 g/mol. The van der Waals surface area contributed by atoms with Crippen LogP contribution in [-0.2, 0) is 6.54 Å². The maximum Gasteiger partial charge on any atom is 0.117 e. The number of nitrogens with zero attached hydrogens (tertiary/aromatic N) is 2. The summed E-state index contributed by atoms with van der Waals surface area (Å²) in [4.78, 5) is 1.26. The van der Waals surface area contributed by atoms with E-state index >= 15 is 0 Å². The molecule has 3 rings (SSSR count). The predicted octanol–water partition coefficient (Wildman–Crippen LogP) is 3.81. The third kappa shape index (κ3) is 3.25. The normalized spacial score (nSPS) is 10.5. The highest BCUT2D eigenvalue weighted by molar-refractivity contribution is 7.98. The molecule has 3 aromatic rings. The number of thioether (sulfide) groups is 1. The van der Waals surface area contributed by atoms with Gasteiger partial charge in [-0.1, -0.05) is 30.3 Å². The molecule has 2 aromatic carbocycles. The van der Waals surface area contributed by atoms with Crippen molar-refractivity contribution >= 4 is 17.4 Å². The van der Waals surface area contributed by atoms with Crippen molar-refractivity contribution in [3.63, 3.8) is 0 Å². The highest BCUT2D eigenvalue weighted by Crippen LogP contribution is 2.21. The van der Waals surface area contributed by atoms with Crippen LogP contribution in [0.25, 0.3) is 11.3 Å². The van der Waals surface area contributed by atoms with Gasteiger partial charge in [0.05, 0.1) is 6.54 Å². The summed E-state index contributed by atoms with van der Waals surface area (Å²) in [7, 11) is 0. The average Bonchev–Trinajstić information content (AvgIpc) is 3.03. The highest BCUT2D eigenvalue weighted by atomic mass is 32.2. The molecule has 0 saturated carbocycles. The van der Waals surface area contributed by atoms with Crippen molar-refractivity contribution in [3.05, 3.63) is 60.3 Å². The third-order valence-electron chi connectivity index (χ3n) is 3.22. The second-order valence-electron chi connectivity index (χ2n) is 4.57. The lowest BCUT2D eigenvalue weighted by Gasteiger charge is -2.06. The molecule has 0 amide bonds. The Bertz CT molecular complexity index is 692. The average molecular weight is 296 g/mol. The number of aromatic nitrogens is 3. The van der Waals surface area contributed by atoms with Crippen molar-refractivity contribution in [2.45, 2.75) is 11.4 Å². The van der Waals surface area contributed by atoms with Crippen molar-refractivity contribution < 1.29 is 0 Å². The molecule has 1 aromatic heterocycles. The largest absolute Gasteiger partial charge is 0.379 e. The summed E-state index contributed by atoms with van der Waals surface area (Å²) in [5.41, 5.74) is 3.95. The molecule has 4 nitrogen and oxygen atoms in total. The number of anilines is 1. The molecule has 0 aliphatic heterocycles. The van der Waals surface area contributed by atoms with Gasteiger partial charge in [-0.2, -0.15) is 15.4 Å². The Balaban J connectivity index is 1.72. The van der Waals surface area contributed by atoms with Crippen molar-refractivity contribution in [3.8, 4) is 11.3 Å². The van der Waals surface area contributed by atoms with E-state index in [1.807, 2.05) is 30.3 Å².